The first-order valence-electron chi connectivity index (χ1n) is 12.2. The molecule has 6 nitrogen and oxygen atoms in total. The van der Waals surface area contributed by atoms with Crippen LogP contribution in [0.3, 0.4) is 0 Å². The molecule has 4 rings (SSSR count). The molecular formula is C29H32N2O4. The molecule has 6 heteroatoms. The van der Waals surface area contributed by atoms with Crippen LogP contribution in [-0.4, -0.2) is 31.1 Å². The largest absolute Gasteiger partial charge is 0.490 e. The highest BCUT2D eigenvalue weighted by Crippen LogP contribution is 2.34. The molecule has 0 bridgehead atoms. The predicted octanol–water partition coefficient (Wildman–Crippen LogP) is 4.93. The summed E-state index contributed by atoms with van der Waals surface area (Å²) in [6.07, 6.45) is 1.06. The SMILES string of the molecule is CCOc1ccc(CC(=O)NCc2ccc3c(c2)N(C(=O)c2ccccc2)[C@H](C)C3)cc1OCC. The number of benzene rings is 3. The van der Waals surface area contributed by atoms with Gasteiger partial charge in [0, 0.05) is 23.8 Å². The number of carbonyl (C=O) groups is 2. The highest BCUT2D eigenvalue weighted by Gasteiger charge is 2.31. The monoisotopic (exact) mass is 472 g/mol. The molecule has 35 heavy (non-hydrogen) atoms. The average Bonchev–Trinajstić information content (AvgIpc) is 3.19. The fourth-order valence-corrected chi connectivity index (χ4v) is 4.45. The van der Waals surface area contributed by atoms with Gasteiger partial charge in [-0.1, -0.05) is 36.4 Å². The lowest BCUT2D eigenvalue weighted by Gasteiger charge is -2.23. The van der Waals surface area contributed by atoms with Gasteiger partial charge in [-0.2, -0.15) is 0 Å². The molecule has 1 aliphatic rings. The summed E-state index contributed by atoms with van der Waals surface area (Å²) in [6.45, 7) is 7.37. The second-order valence-corrected chi connectivity index (χ2v) is 8.66. The van der Waals surface area contributed by atoms with Gasteiger partial charge < -0.3 is 19.7 Å². The maximum absolute atomic E-state index is 13.2. The first-order chi connectivity index (χ1) is 17.0. The summed E-state index contributed by atoms with van der Waals surface area (Å²) in [5.41, 5.74) is 4.56. The highest BCUT2D eigenvalue weighted by molar-refractivity contribution is 6.07. The van der Waals surface area contributed by atoms with Crippen LogP contribution in [0.15, 0.2) is 66.7 Å². The Labute approximate surface area is 206 Å². The molecule has 1 N–H and O–H groups in total. The number of nitrogens with zero attached hydrogens (tertiary/aromatic N) is 1. The van der Waals surface area contributed by atoms with Gasteiger partial charge in [-0.15, -0.1) is 0 Å². The van der Waals surface area contributed by atoms with E-state index in [2.05, 4.69) is 18.3 Å². The zero-order valence-corrected chi connectivity index (χ0v) is 20.5. The van der Waals surface area contributed by atoms with E-state index in [0.717, 1.165) is 28.8 Å². The number of rotatable bonds is 9. The second kappa shape index (κ2) is 11.1. The smallest absolute Gasteiger partial charge is 0.258 e. The third kappa shape index (κ3) is 5.65. The number of hydrogen-bond acceptors (Lipinski definition) is 4. The van der Waals surface area contributed by atoms with E-state index in [4.69, 9.17) is 9.47 Å². The number of anilines is 1. The molecule has 1 aliphatic heterocycles. The van der Waals surface area contributed by atoms with E-state index >= 15 is 0 Å². The third-order valence-electron chi connectivity index (χ3n) is 6.07. The minimum Gasteiger partial charge on any atom is -0.490 e. The predicted molar refractivity (Wildman–Crippen MR) is 137 cm³/mol. The fourth-order valence-electron chi connectivity index (χ4n) is 4.45. The van der Waals surface area contributed by atoms with E-state index in [1.807, 2.05) is 79.4 Å². The standard InChI is InChI=1S/C29H32N2O4/c1-4-34-26-14-12-21(17-27(26)35-5-2)18-28(32)30-19-22-11-13-24-15-20(3)31(25(24)16-22)29(33)23-9-7-6-8-10-23/h6-14,16-17,20H,4-5,15,18-19H2,1-3H3,(H,30,32)/t20-/m1/s1. The van der Waals surface area contributed by atoms with Gasteiger partial charge in [0.1, 0.15) is 0 Å². The van der Waals surface area contributed by atoms with Gasteiger partial charge in [-0.05, 0) is 74.2 Å². The summed E-state index contributed by atoms with van der Waals surface area (Å²) in [4.78, 5) is 27.7. The average molecular weight is 473 g/mol. The van der Waals surface area contributed by atoms with E-state index < -0.39 is 0 Å². The zero-order chi connectivity index (χ0) is 24.8. The van der Waals surface area contributed by atoms with Crippen LogP contribution in [0, 0.1) is 0 Å². The van der Waals surface area contributed by atoms with E-state index in [9.17, 15) is 9.59 Å². The van der Waals surface area contributed by atoms with Gasteiger partial charge in [0.15, 0.2) is 11.5 Å². The van der Waals surface area contributed by atoms with Gasteiger partial charge >= 0.3 is 0 Å². The summed E-state index contributed by atoms with van der Waals surface area (Å²) in [7, 11) is 0. The summed E-state index contributed by atoms with van der Waals surface area (Å²) in [5, 5.41) is 3.00. The Kier molecular flexibility index (Phi) is 7.70. The topological polar surface area (TPSA) is 67.9 Å². The molecule has 0 spiro atoms. The van der Waals surface area contributed by atoms with Crippen molar-refractivity contribution in [1.29, 1.82) is 0 Å². The summed E-state index contributed by atoms with van der Waals surface area (Å²) in [5.74, 6) is 1.25. The Balaban J connectivity index is 1.42. The van der Waals surface area contributed by atoms with Gasteiger partial charge in [0.05, 0.1) is 19.6 Å². The lowest BCUT2D eigenvalue weighted by atomic mass is 10.1. The third-order valence-corrected chi connectivity index (χ3v) is 6.07. The van der Waals surface area contributed by atoms with E-state index in [0.29, 0.717) is 36.8 Å². The van der Waals surface area contributed by atoms with Crippen LogP contribution in [0.2, 0.25) is 0 Å². The zero-order valence-electron chi connectivity index (χ0n) is 20.5. The van der Waals surface area contributed by atoms with Crippen LogP contribution in [0.1, 0.15) is 47.8 Å². The minimum atomic E-state index is -0.0808. The second-order valence-electron chi connectivity index (χ2n) is 8.66. The Bertz CT molecular complexity index is 1190. The quantitative estimate of drug-likeness (QED) is 0.479. The number of nitrogens with one attached hydrogen (secondary N) is 1. The molecule has 3 aromatic rings. The first-order valence-corrected chi connectivity index (χ1v) is 12.2. The van der Waals surface area contributed by atoms with Gasteiger partial charge in [-0.25, -0.2) is 0 Å². The van der Waals surface area contributed by atoms with Crippen LogP contribution < -0.4 is 19.7 Å². The lowest BCUT2D eigenvalue weighted by molar-refractivity contribution is -0.120. The molecule has 3 aromatic carbocycles. The summed E-state index contributed by atoms with van der Waals surface area (Å²) < 4.78 is 11.3. The van der Waals surface area contributed by atoms with Gasteiger partial charge in [0.25, 0.3) is 5.91 Å². The van der Waals surface area contributed by atoms with E-state index in [1.165, 1.54) is 0 Å². The lowest BCUT2D eigenvalue weighted by Crippen LogP contribution is -2.35. The summed E-state index contributed by atoms with van der Waals surface area (Å²) >= 11 is 0. The number of carbonyl (C=O) groups excluding carboxylic acids is 2. The van der Waals surface area contributed by atoms with E-state index in [1.54, 1.807) is 0 Å². The number of amides is 2. The Hall–Kier alpha value is -3.80. The van der Waals surface area contributed by atoms with Crippen LogP contribution in [0.5, 0.6) is 11.5 Å². The maximum Gasteiger partial charge on any atom is 0.258 e. The number of hydrogen-bond donors (Lipinski definition) is 1. The van der Waals surface area contributed by atoms with Crippen molar-refractivity contribution in [2.75, 3.05) is 18.1 Å². The van der Waals surface area contributed by atoms with Crippen LogP contribution in [0.25, 0.3) is 0 Å². The number of fused-ring (bicyclic) bond motifs is 1. The highest BCUT2D eigenvalue weighted by atomic mass is 16.5. The van der Waals surface area contributed by atoms with Gasteiger partial charge in [-0.3, -0.25) is 9.59 Å². The molecule has 0 aromatic heterocycles. The normalized spacial score (nSPS) is 14.4. The molecule has 0 saturated carbocycles. The van der Waals surface area contributed by atoms with Crippen molar-refractivity contribution in [2.24, 2.45) is 0 Å². The van der Waals surface area contributed by atoms with Crippen LogP contribution in [0.4, 0.5) is 5.69 Å². The molecule has 0 fully saturated rings. The van der Waals surface area contributed by atoms with Crippen molar-refractivity contribution in [3.8, 4) is 11.5 Å². The van der Waals surface area contributed by atoms with Crippen molar-refractivity contribution < 1.29 is 19.1 Å². The molecule has 0 unspecified atom stereocenters. The molecule has 0 aliphatic carbocycles. The molecule has 1 heterocycles. The number of ether oxygens (including phenoxy) is 2. The van der Waals surface area contributed by atoms with Crippen LogP contribution >= 0.6 is 0 Å². The summed E-state index contributed by atoms with van der Waals surface area (Å²) in [6, 6.07) is 21.1. The Morgan fingerprint density at radius 2 is 1.63 bits per heavy atom. The molecule has 2 amide bonds. The first kappa shape index (κ1) is 24.3. The van der Waals surface area contributed by atoms with Crippen molar-refractivity contribution in [3.05, 3.63) is 89.0 Å². The maximum atomic E-state index is 13.2. The molecular weight excluding hydrogens is 440 g/mol. The van der Waals surface area contributed by atoms with Crippen molar-refractivity contribution in [3.63, 3.8) is 0 Å². The van der Waals surface area contributed by atoms with Crippen LogP contribution in [-0.2, 0) is 24.2 Å². The Morgan fingerprint density at radius 1 is 0.914 bits per heavy atom. The molecule has 0 radical (unpaired) electrons. The van der Waals surface area contributed by atoms with Crippen molar-refractivity contribution in [1.82, 2.24) is 5.32 Å². The fraction of sp³-hybridized carbons (Fsp3) is 0.310. The molecule has 1 atom stereocenters. The van der Waals surface area contributed by atoms with Gasteiger partial charge in [0.2, 0.25) is 5.91 Å². The Morgan fingerprint density at radius 3 is 2.37 bits per heavy atom. The molecule has 0 saturated heterocycles. The van der Waals surface area contributed by atoms with Crippen molar-refractivity contribution >= 4 is 17.5 Å². The molecule has 182 valence electrons. The van der Waals surface area contributed by atoms with E-state index in [-0.39, 0.29) is 24.3 Å². The minimum absolute atomic E-state index is 0.00126. The van der Waals surface area contributed by atoms with Crippen molar-refractivity contribution in [2.45, 2.75) is 46.2 Å².